The van der Waals surface area contributed by atoms with E-state index in [2.05, 4.69) is 37.1 Å². The molecular formula is C14H18N2O. The molecule has 1 N–H and O–H groups in total. The zero-order chi connectivity index (χ0) is 12.2. The largest absolute Gasteiger partial charge is 0.355 e. The Kier molecular flexibility index (Phi) is 2.26. The smallest absolute Gasteiger partial charge is 0.188 e. The molecule has 1 fully saturated rings. The van der Waals surface area contributed by atoms with Crippen LogP contribution in [0, 0.1) is 13.8 Å². The van der Waals surface area contributed by atoms with Gasteiger partial charge >= 0.3 is 0 Å². The summed E-state index contributed by atoms with van der Waals surface area (Å²) in [5.41, 5.74) is 4.61. The number of nitrogens with one attached hydrogen (secondary N) is 1. The van der Waals surface area contributed by atoms with E-state index in [-0.39, 0.29) is 11.8 Å². The van der Waals surface area contributed by atoms with Gasteiger partial charge in [0.15, 0.2) is 5.78 Å². The molecule has 0 radical (unpaired) electrons. The van der Waals surface area contributed by atoms with Gasteiger partial charge < -0.3 is 10.2 Å². The van der Waals surface area contributed by atoms with Crippen molar-refractivity contribution in [3.05, 3.63) is 28.8 Å². The van der Waals surface area contributed by atoms with Gasteiger partial charge in [0.25, 0.3) is 0 Å². The average molecular weight is 230 g/mol. The number of fused-ring (bicyclic) bond motifs is 3. The predicted octanol–water partition coefficient (Wildman–Crippen LogP) is 1.67. The number of nitrogens with zero attached hydrogens (tertiary/aromatic N) is 1. The summed E-state index contributed by atoms with van der Waals surface area (Å²) in [4.78, 5) is 14.7. The van der Waals surface area contributed by atoms with Crippen LogP contribution in [0.15, 0.2) is 12.1 Å². The van der Waals surface area contributed by atoms with Gasteiger partial charge in [0, 0.05) is 24.7 Å². The first-order chi connectivity index (χ1) is 8.11. The molecule has 2 atom stereocenters. The van der Waals surface area contributed by atoms with Crippen LogP contribution in [0.25, 0.3) is 0 Å². The zero-order valence-electron chi connectivity index (χ0n) is 10.6. The molecule has 1 aromatic rings. The van der Waals surface area contributed by atoms with Gasteiger partial charge in [-0.15, -0.1) is 0 Å². The molecule has 0 spiro atoms. The minimum absolute atomic E-state index is 0.00856. The Hall–Kier alpha value is -1.35. The summed E-state index contributed by atoms with van der Waals surface area (Å²) in [6, 6.07) is 4.45. The number of rotatable bonds is 0. The number of benzene rings is 1. The van der Waals surface area contributed by atoms with Gasteiger partial charge in [-0.3, -0.25) is 4.79 Å². The highest BCUT2D eigenvalue weighted by molar-refractivity contribution is 6.12. The van der Waals surface area contributed by atoms with Gasteiger partial charge in [-0.2, -0.15) is 0 Å². The molecule has 2 aliphatic heterocycles. The fraction of sp³-hybridized carbons (Fsp3) is 0.500. The highest BCUT2D eigenvalue weighted by atomic mass is 16.1. The van der Waals surface area contributed by atoms with E-state index in [0.29, 0.717) is 6.04 Å². The summed E-state index contributed by atoms with van der Waals surface area (Å²) < 4.78 is 0. The fourth-order valence-corrected chi connectivity index (χ4v) is 3.04. The minimum Gasteiger partial charge on any atom is -0.355 e. The summed E-state index contributed by atoms with van der Waals surface area (Å²) in [6.45, 7) is 8.15. The van der Waals surface area contributed by atoms with Crippen LogP contribution in [0.5, 0.6) is 0 Å². The second kappa shape index (κ2) is 3.57. The first kappa shape index (κ1) is 10.8. The molecule has 0 unspecified atom stereocenters. The Morgan fingerprint density at radius 1 is 1.29 bits per heavy atom. The number of carbonyl (C=O) groups is 1. The van der Waals surface area contributed by atoms with Gasteiger partial charge in [-0.25, -0.2) is 0 Å². The van der Waals surface area contributed by atoms with Crippen molar-refractivity contribution in [2.24, 2.45) is 0 Å². The Labute approximate surface area is 102 Å². The van der Waals surface area contributed by atoms with Crippen molar-refractivity contribution in [3.63, 3.8) is 0 Å². The number of Topliss-reactive ketones (excluding diaryl/α,β-unsaturated/α-hetero) is 1. The summed E-state index contributed by atoms with van der Waals surface area (Å²) in [5.74, 6) is 0.280. The molecule has 0 saturated carbocycles. The Morgan fingerprint density at radius 3 is 2.82 bits per heavy atom. The van der Waals surface area contributed by atoms with Crippen LogP contribution in [0.4, 0.5) is 5.69 Å². The standard InChI is InChI=1S/C14H18N2O/c1-8-4-5-11-13(10(8)3)16-9(2)6-15-7-12(16)14(11)17/h4-5,9,12,15H,6-7H2,1-3H3/t9-,12+/m1/s1. The second-order valence-electron chi connectivity index (χ2n) is 5.20. The normalized spacial score (nSPS) is 27.0. The molecule has 3 heteroatoms. The first-order valence-electron chi connectivity index (χ1n) is 6.24. The number of piperazine rings is 1. The molecule has 1 aromatic carbocycles. The summed E-state index contributed by atoms with van der Waals surface area (Å²) >= 11 is 0. The van der Waals surface area contributed by atoms with Gasteiger partial charge in [0.1, 0.15) is 6.04 Å². The zero-order valence-corrected chi connectivity index (χ0v) is 10.6. The van der Waals surface area contributed by atoms with Gasteiger partial charge in [-0.05, 0) is 38.0 Å². The van der Waals surface area contributed by atoms with Gasteiger partial charge in [-0.1, -0.05) is 6.07 Å². The molecule has 0 aromatic heterocycles. The van der Waals surface area contributed by atoms with Crippen molar-refractivity contribution in [3.8, 4) is 0 Å². The highest BCUT2D eigenvalue weighted by Gasteiger charge is 2.42. The first-order valence-corrected chi connectivity index (χ1v) is 6.24. The van der Waals surface area contributed by atoms with Crippen molar-refractivity contribution in [1.82, 2.24) is 5.32 Å². The van der Waals surface area contributed by atoms with E-state index < -0.39 is 0 Å². The summed E-state index contributed by atoms with van der Waals surface area (Å²) in [5, 5.41) is 3.34. The molecule has 3 nitrogen and oxygen atoms in total. The molecule has 2 aliphatic rings. The summed E-state index contributed by atoms with van der Waals surface area (Å²) in [7, 11) is 0. The third-order valence-electron chi connectivity index (χ3n) is 4.12. The highest BCUT2D eigenvalue weighted by Crippen LogP contribution is 2.38. The quantitative estimate of drug-likeness (QED) is 0.736. The molecule has 0 amide bonds. The number of aryl methyl sites for hydroxylation is 1. The topological polar surface area (TPSA) is 32.3 Å². The van der Waals surface area contributed by atoms with Crippen molar-refractivity contribution < 1.29 is 4.79 Å². The second-order valence-corrected chi connectivity index (χ2v) is 5.20. The molecule has 0 aliphatic carbocycles. The minimum atomic E-state index is 0.00856. The fourth-order valence-electron chi connectivity index (χ4n) is 3.04. The van der Waals surface area contributed by atoms with Crippen molar-refractivity contribution in [1.29, 1.82) is 0 Å². The van der Waals surface area contributed by atoms with E-state index in [1.807, 2.05) is 6.07 Å². The van der Waals surface area contributed by atoms with E-state index in [4.69, 9.17) is 0 Å². The maximum atomic E-state index is 12.4. The third-order valence-corrected chi connectivity index (χ3v) is 4.12. The van der Waals surface area contributed by atoms with Crippen LogP contribution in [0.3, 0.4) is 0 Å². The van der Waals surface area contributed by atoms with E-state index in [0.717, 1.165) is 18.7 Å². The molecule has 90 valence electrons. The SMILES string of the molecule is Cc1ccc2c(c1C)N1[C@H](C)CNC[C@H]1C2=O. The Bertz CT molecular complexity index is 495. The van der Waals surface area contributed by atoms with Crippen LogP contribution in [-0.4, -0.2) is 31.0 Å². The number of ketones is 1. The predicted molar refractivity (Wildman–Crippen MR) is 68.8 cm³/mol. The molecule has 0 bridgehead atoms. The molecule has 3 rings (SSSR count). The molecule has 1 saturated heterocycles. The lowest BCUT2D eigenvalue weighted by Gasteiger charge is -2.38. The molecule has 2 heterocycles. The lowest BCUT2D eigenvalue weighted by molar-refractivity contribution is 0.0961. The lowest BCUT2D eigenvalue weighted by Crippen LogP contribution is -2.56. The average Bonchev–Trinajstić information content (AvgIpc) is 2.60. The van der Waals surface area contributed by atoms with Crippen LogP contribution >= 0.6 is 0 Å². The molecular weight excluding hydrogens is 212 g/mol. The van der Waals surface area contributed by atoms with Crippen molar-refractivity contribution in [2.45, 2.75) is 32.9 Å². The Balaban J connectivity index is 2.20. The summed E-state index contributed by atoms with van der Waals surface area (Å²) in [6.07, 6.45) is 0. The van der Waals surface area contributed by atoms with E-state index in [1.54, 1.807) is 0 Å². The van der Waals surface area contributed by atoms with Crippen LogP contribution in [0.2, 0.25) is 0 Å². The van der Waals surface area contributed by atoms with Crippen LogP contribution in [-0.2, 0) is 0 Å². The van der Waals surface area contributed by atoms with E-state index in [9.17, 15) is 4.79 Å². The molecule has 17 heavy (non-hydrogen) atoms. The number of carbonyl (C=O) groups excluding carboxylic acids is 1. The van der Waals surface area contributed by atoms with Crippen molar-refractivity contribution >= 4 is 11.5 Å². The number of hydrogen-bond donors (Lipinski definition) is 1. The lowest BCUT2D eigenvalue weighted by atomic mass is 10.0. The maximum absolute atomic E-state index is 12.4. The third kappa shape index (κ3) is 1.35. The number of hydrogen-bond acceptors (Lipinski definition) is 3. The van der Waals surface area contributed by atoms with Crippen LogP contribution in [0.1, 0.15) is 28.4 Å². The monoisotopic (exact) mass is 230 g/mol. The van der Waals surface area contributed by atoms with Crippen LogP contribution < -0.4 is 10.2 Å². The van der Waals surface area contributed by atoms with Crippen molar-refractivity contribution in [2.75, 3.05) is 18.0 Å². The van der Waals surface area contributed by atoms with E-state index in [1.165, 1.54) is 16.8 Å². The van der Waals surface area contributed by atoms with E-state index >= 15 is 0 Å². The number of anilines is 1. The maximum Gasteiger partial charge on any atom is 0.188 e. The van der Waals surface area contributed by atoms with Gasteiger partial charge in [0.2, 0.25) is 0 Å². The van der Waals surface area contributed by atoms with Gasteiger partial charge in [0.05, 0.1) is 5.69 Å². The Morgan fingerprint density at radius 2 is 2.06 bits per heavy atom.